The van der Waals surface area contributed by atoms with Gasteiger partial charge in [0.05, 0.1) is 5.56 Å². The molecule has 1 saturated heterocycles. The number of aromatic nitrogens is 1. The van der Waals surface area contributed by atoms with E-state index in [-0.39, 0.29) is 24.4 Å². The summed E-state index contributed by atoms with van der Waals surface area (Å²) in [6.07, 6.45) is -3.60. The maximum Gasteiger partial charge on any atom is 0.416 e. The fraction of sp³-hybridized carbons (Fsp3) is 0.455. The molecule has 0 saturated carbocycles. The van der Waals surface area contributed by atoms with E-state index in [4.69, 9.17) is 0 Å². The summed E-state index contributed by atoms with van der Waals surface area (Å²) >= 11 is 0. The molecule has 0 spiro atoms. The smallest absolute Gasteiger partial charge is 0.327 e. The summed E-state index contributed by atoms with van der Waals surface area (Å²) < 4.78 is 37.7. The van der Waals surface area contributed by atoms with Crippen LogP contribution in [-0.4, -0.2) is 35.5 Å². The number of hydrogen-bond donors (Lipinski definition) is 0. The number of nitrogens with zero attached hydrogens (tertiary/aromatic N) is 3. The third-order valence-corrected chi connectivity index (χ3v) is 3.08. The number of hydrogen-bond acceptors (Lipinski definition) is 3. The van der Waals surface area contributed by atoms with E-state index in [9.17, 15) is 18.0 Å². The molecule has 1 atom stereocenters. The van der Waals surface area contributed by atoms with Crippen molar-refractivity contribution in [3.63, 3.8) is 0 Å². The van der Waals surface area contributed by atoms with Crippen LogP contribution in [-0.2, 0) is 11.0 Å². The van der Waals surface area contributed by atoms with E-state index in [1.165, 1.54) is 9.80 Å². The highest BCUT2D eigenvalue weighted by atomic mass is 19.4. The summed E-state index contributed by atoms with van der Waals surface area (Å²) in [6, 6.07) is 1.87. The number of alkyl halides is 3. The molecule has 1 aliphatic rings. The van der Waals surface area contributed by atoms with Crippen LogP contribution >= 0.6 is 0 Å². The van der Waals surface area contributed by atoms with E-state index >= 15 is 0 Å². The number of amides is 1. The number of carbonyl (C=O) groups is 1. The second kappa shape index (κ2) is 4.15. The molecule has 2 rings (SSSR count). The minimum absolute atomic E-state index is 0.0476. The Hall–Kier alpha value is -1.79. The molecule has 0 aliphatic carbocycles. The molecule has 1 aromatic rings. The molecule has 98 valence electrons. The predicted octanol–water partition coefficient (Wildman–Crippen LogP) is 1.72. The minimum Gasteiger partial charge on any atom is -0.327 e. The molecular formula is C11H12F3N3O. The van der Waals surface area contributed by atoms with E-state index in [1.807, 2.05) is 0 Å². The molecule has 1 aromatic heterocycles. The number of likely N-dealkylation sites (N-methyl/N-ethyl adjacent to an activating group) is 1. The van der Waals surface area contributed by atoms with Gasteiger partial charge in [-0.15, -0.1) is 0 Å². The van der Waals surface area contributed by atoms with Crippen LogP contribution < -0.4 is 4.90 Å². The van der Waals surface area contributed by atoms with E-state index in [1.54, 1.807) is 14.0 Å². The SMILES string of the molecule is CC1N(C)C(=O)CN1c1cc(C(F)(F)F)ccn1. The first kappa shape index (κ1) is 12.7. The fourth-order valence-corrected chi connectivity index (χ4v) is 1.83. The molecule has 1 amide bonds. The molecule has 0 radical (unpaired) electrons. The second-order valence-electron chi connectivity index (χ2n) is 4.16. The van der Waals surface area contributed by atoms with Gasteiger partial charge in [0.15, 0.2) is 0 Å². The topological polar surface area (TPSA) is 36.4 Å². The van der Waals surface area contributed by atoms with Gasteiger partial charge in [-0.2, -0.15) is 13.2 Å². The van der Waals surface area contributed by atoms with E-state index in [2.05, 4.69) is 4.98 Å². The normalized spacial score (nSPS) is 20.7. The van der Waals surface area contributed by atoms with Crippen molar-refractivity contribution in [2.75, 3.05) is 18.5 Å². The molecule has 0 aromatic carbocycles. The predicted molar refractivity (Wildman–Crippen MR) is 58.8 cm³/mol. The monoisotopic (exact) mass is 259 g/mol. The van der Waals surface area contributed by atoms with Gasteiger partial charge in [-0.05, 0) is 19.1 Å². The van der Waals surface area contributed by atoms with Crippen LogP contribution in [0.15, 0.2) is 18.3 Å². The van der Waals surface area contributed by atoms with Crippen LogP contribution in [0.4, 0.5) is 19.0 Å². The highest BCUT2D eigenvalue weighted by Crippen LogP contribution is 2.31. The number of halogens is 3. The van der Waals surface area contributed by atoms with Gasteiger partial charge in [-0.3, -0.25) is 4.79 Å². The summed E-state index contributed by atoms with van der Waals surface area (Å²) in [7, 11) is 1.61. The molecule has 0 N–H and O–H groups in total. The number of anilines is 1. The Morgan fingerprint density at radius 3 is 2.61 bits per heavy atom. The Bertz CT molecular complexity index is 475. The summed E-state index contributed by atoms with van der Waals surface area (Å²) in [5.74, 6) is 0.0248. The molecule has 0 bridgehead atoms. The van der Waals surface area contributed by atoms with Crippen molar-refractivity contribution in [2.45, 2.75) is 19.3 Å². The van der Waals surface area contributed by atoms with Gasteiger partial charge in [-0.25, -0.2) is 4.98 Å². The van der Waals surface area contributed by atoms with Crippen LogP contribution in [0, 0.1) is 0 Å². The first-order valence-corrected chi connectivity index (χ1v) is 5.36. The maximum absolute atomic E-state index is 12.6. The summed E-state index contributed by atoms with van der Waals surface area (Å²) in [5, 5.41) is 0. The fourth-order valence-electron chi connectivity index (χ4n) is 1.83. The van der Waals surface area contributed by atoms with Gasteiger partial charge in [0, 0.05) is 13.2 Å². The van der Waals surface area contributed by atoms with Crippen molar-refractivity contribution in [1.82, 2.24) is 9.88 Å². The Labute approximate surface area is 102 Å². The van der Waals surface area contributed by atoms with Crippen molar-refractivity contribution < 1.29 is 18.0 Å². The molecular weight excluding hydrogens is 247 g/mol. The standard InChI is InChI=1S/C11H12F3N3O/c1-7-16(2)10(18)6-17(7)9-5-8(3-4-15-9)11(12,13)14/h3-5,7H,6H2,1-2H3. The van der Waals surface area contributed by atoms with Crippen LogP contribution in [0.3, 0.4) is 0 Å². The molecule has 1 aliphatic heterocycles. The highest BCUT2D eigenvalue weighted by Gasteiger charge is 2.35. The van der Waals surface area contributed by atoms with E-state index < -0.39 is 11.7 Å². The summed E-state index contributed by atoms with van der Waals surface area (Å²) in [4.78, 5) is 18.4. The van der Waals surface area contributed by atoms with Crippen molar-refractivity contribution >= 4 is 11.7 Å². The van der Waals surface area contributed by atoms with Crippen molar-refractivity contribution in [2.24, 2.45) is 0 Å². The Morgan fingerprint density at radius 2 is 2.11 bits per heavy atom. The first-order valence-electron chi connectivity index (χ1n) is 5.36. The zero-order chi connectivity index (χ0) is 13.5. The lowest BCUT2D eigenvalue weighted by Crippen LogP contribution is -2.34. The zero-order valence-corrected chi connectivity index (χ0v) is 9.90. The molecule has 1 fully saturated rings. The molecule has 7 heteroatoms. The van der Waals surface area contributed by atoms with Crippen molar-refractivity contribution in [3.05, 3.63) is 23.9 Å². The molecule has 18 heavy (non-hydrogen) atoms. The summed E-state index contributed by atoms with van der Waals surface area (Å²) in [6.45, 7) is 1.79. The molecule has 1 unspecified atom stereocenters. The third-order valence-electron chi connectivity index (χ3n) is 3.08. The molecule has 2 heterocycles. The second-order valence-corrected chi connectivity index (χ2v) is 4.16. The van der Waals surface area contributed by atoms with E-state index in [0.717, 1.165) is 18.3 Å². The Balaban J connectivity index is 2.33. The van der Waals surface area contributed by atoms with Crippen LogP contribution in [0.25, 0.3) is 0 Å². The lowest BCUT2D eigenvalue weighted by atomic mass is 10.2. The van der Waals surface area contributed by atoms with Gasteiger partial charge in [0.25, 0.3) is 0 Å². The van der Waals surface area contributed by atoms with E-state index in [0.29, 0.717) is 0 Å². The zero-order valence-electron chi connectivity index (χ0n) is 9.90. The Morgan fingerprint density at radius 1 is 1.44 bits per heavy atom. The van der Waals surface area contributed by atoms with Crippen LogP contribution in [0.2, 0.25) is 0 Å². The lowest BCUT2D eigenvalue weighted by molar-refractivity contribution is -0.137. The van der Waals surface area contributed by atoms with Gasteiger partial charge in [0.2, 0.25) is 5.91 Å². The third kappa shape index (κ3) is 2.12. The average molecular weight is 259 g/mol. The largest absolute Gasteiger partial charge is 0.416 e. The Kier molecular flexibility index (Phi) is 2.92. The van der Waals surface area contributed by atoms with Crippen molar-refractivity contribution in [1.29, 1.82) is 0 Å². The quantitative estimate of drug-likeness (QED) is 0.770. The summed E-state index contributed by atoms with van der Waals surface area (Å²) in [5.41, 5.74) is -0.762. The van der Waals surface area contributed by atoms with Crippen molar-refractivity contribution in [3.8, 4) is 0 Å². The average Bonchev–Trinajstić information content (AvgIpc) is 2.56. The number of pyridine rings is 1. The lowest BCUT2D eigenvalue weighted by Gasteiger charge is -2.25. The van der Waals surface area contributed by atoms with Crippen LogP contribution in [0.5, 0.6) is 0 Å². The highest BCUT2D eigenvalue weighted by molar-refractivity contribution is 5.84. The van der Waals surface area contributed by atoms with Gasteiger partial charge in [-0.1, -0.05) is 0 Å². The minimum atomic E-state index is -4.41. The van der Waals surface area contributed by atoms with Gasteiger partial charge < -0.3 is 9.80 Å². The number of carbonyl (C=O) groups excluding carboxylic acids is 1. The van der Waals surface area contributed by atoms with Crippen LogP contribution in [0.1, 0.15) is 12.5 Å². The van der Waals surface area contributed by atoms with Gasteiger partial charge in [0.1, 0.15) is 18.5 Å². The number of rotatable bonds is 1. The maximum atomic E-state index is 12.6. The first-order chi connectivity index (χ1) is 8.30. The molecule has 4 nitrogen and oxygen atoms in total. The van der Waals surface area contributed by atoms with Gasteiger partial charge >= 0.3 is 6.18 Å².